The van der Waals surface area contributed by atoms with Crippen molar-refractivity contribution in [2.45, 2.75) is 24.8 Å². The molecule has 2 aromatic rings. The van der Waals surface area contributed by atoms with Crippen LogP contribution in [0.3, 0.4) is 0 Å². The van der Waals surface area contributed by atoms with E-state index in [0.717, 1.165) is 5.56 Å². The first kappa shape index (κ1) is 21.9. The molecule has 2 unspecified atom stereocenters. The van der Waals surface area contributed by atoms with E-state index in [1.165, 1.54) is 7.05 Å². The number of nitrogens with one attached hydrogen (secondary N) is 3. The highest BCUT2D eigenvalue weighted by molar-refractivity contribution is 5.93. The third kappa shape index (κ3) is 6.32. The van der Waals surface area contributed by atoms with Crippen LogP contribution >= 0.6 is 0 Å². The van der Waals surface area contributed by atoms with Crippen LogP contribution in [-0.2, 0) is 20.8 Å². The number of carbonyl (C=O) groups excluding carboxylic acids is 3. The average Bonchev–Trinajstić information content (AvgIpc) is 2.77. The van der Waals surface area contributed by atoms with E-state index in [-0.39, 0.29) is 18.7 Å². The molecule has 8 nitrogen and oxygen atoms in total. The standard InChI is InChI=1S/C21H25N3O5/c1-22-21(27)18(12-14-8-10-16(29-2)11-9-14)23-20(26)17(13-19(25)24-28)15-6-4-3-5-7-15/h3-11,17-18,28H,12-13H2,1-2H3,(H,22,27)(H,23,26)(H,24,25). The molecule has 0 heterocycles. The Balaban J connectivity index is 2.20. The Bertz CT molecular complexity index is 824. The van der Waals surface area contributed by atoms with Crippen LogP contribution in [0.25, 0.3) is 0 Å². The normalized spacial score (nSPS) is 12.4. The number of benzene rings is 2. The molecule has 0 radical (unpaired) electrons. The second-order valence-corrected chi connectivity index (χ2v) is 6.43. The monoisotopic (exact) mass is 399 g/mol. The van der Waals surface area contributed by atoms with Gasteiger partial charge in [0.25, 0.3) is 0 Å². The molecule has 4 N–H and O–H groups in total. The third-order valence-corrected chi connectivity index (χ3v) is 4.51. The summed E-state index contributed by atoms with van der Waals surface area (Å²) in [5, 5.41) is 14.1. The Morgan fingerprint density at radius 2 is 1.66 bits per heavy atom. The minimum absolute atomic E-state index is 0.255. The van der Waals surface area contributed by atoms with Gasteiger partial charge in [-0.2, -0.15) is 0 Å². The first-order valence-electron chi connectivity index (χ1n) is 9.11. The van der Waals surface area contributed by atoms with Gasteiger partial charge in [-0.25, -0.2) is 5.48 Å². The van der Waals surface area contributed by atoms with Gasteiger partial charge in [0.05, 0.1) is 13.0 Å². The lowest BCUT2D eigenvalue weighted by Gasteiger charge is -2.22. The molecule has 2 atom stereocenters. The van der Waals surface area contributed by atoms with Crippen LogP contribution in [0.15, 0.2) is 54.6 Å². The summed E-state index contributed by atoms with van der Waals surface area (Å²) in [5.74, 6) is -1.70. The molecular weight excluding hydrogens is 374 g/mol. The van der Waals surface area contributed by atoms with Gasteiger partial charge >= 0.3 is 0 Å². The Labute approximate surface area is 169 Å². The van der Waals surface area contributed by atoms with Gasteiger partial charge in [0.15, 0.2) is 0 Å². The van der Waals surface area contributed by atoms with Gasteiger partial charge in [0.2, 0.25) is 17.7 Å². The van der Waals surface area contributed by atoms with Gasteiger partial charge in [0.1, 0.15) is 11.8 Å². The maximum atomic E-state index is 12.9. The minimum atomic E-state index is -0.855. The van der Waals surface area contributed by atoms with E-state index in [1.54, 1.807) is 55.1 Å². The van der Waals surface area contributed by atoms with Gasteiger partial charge in [-0.15, -0.1) is 0 Å². The lowest BCUT2D eigenvalue weighted by Crippen LogP contribution is -2.48. The van der Waals surface area contributed by atoms with Gasteiger partial charge in [-0.3, -0.25) is 19.6 Å². The zero-order valence-corrected chi connectivity index (χ0v) is 16.3. The number of hydrogen-bond donors (Lipinski definition) is 4. The molecule has 0 bridgehead atoms. The van der Waals surface area contributed by atoms with E-state index >= 15 is 0 Å². The van der Waals surface area contributed by atoms with Gasteiger partial charge in [-0.1, -0.05) is 42.5 Å². The number of hydroxylamine groups is 1. The molecule has 0 saturated heterocycles. The van der Waals surface area contributed by atoms with Crippen molar-refractivity contribution >= 4 is 17.7 Å². The quantitative estimate of drug-likeness (QED) is 0.373. The molecule has 0 spiro atoms. The number of likely N-dealkylation sites (N-methyl/N-ethyl adjacent to an activating group) is 1. The molecule has 29 heavy (non-hydrogen) atoms. The molecular formula is C21H25N3O5. The largest absolute Gasteiger partial charge is 0.497 e. The number of amides is 3. The SMILES string of the molecule is CNC(=O)C(Cc1ccc(OC)cc1)NC(=O)C(CC(=O)NO)c1ccccc1. The minimum Gasteiger partial charge on any atom is -0.497 e. The molecule has 0 aliphatic rings. The summed E-state index contributed by atoms with van der Waals surface area (Å²) >= 11 is 0. The summed E-state index contributed by atoms with van der Waals surface area (Å²) in [6, 6.07) is 15.1. The molecule has 8 heteroatoms. The van der Waals surface area contributed by atoms with E-state index in [4.69, 9.17) is 9.94 Å². The van der Waals surface area contributed by atoms with Crippen molar-refractivity contribution in [1.29, 1.82) is 0 Å². The second kappa shape index (κ2) is 10.8. The second-order valence-electron chi connectivity index (χ2n) is 6.43. The lowest BCUT2D eigenvalue weighted by atomic mass is 9.93. The third-order valence-electron chi connectivity index (χ3n) is 4.51. The fourth-order valence-corrected chi connectivity index (χ4v) is 2.93. The average molecular weight is 399 g/mol. The number of ether oxygens (including phenoxy) is 1. The van der Waals surface area contributed by atoms with Crippen molar-refractivity contribution in [2.24, 2.45) is 0 Å². The van der Waals surface area contributed by atoms with Crippen LogP contribution in [0.5, 0.6) is 5.75 Å². The highest BCUT2D eigenvalue weighted by Gasteiger charge is 2.28. The van der Waals surface area contributed by atoms with Crippen molar-refractivity contribution in [1.82, 2.24) is 16.1 Å². The van der Waals surface area contributed by atoms with Crippen LogP contribution in [0.1, 0.15) is 23.5 Å². The Kier molecular flexibility index (Phi) is 8.17. The van der Waals surface area contributed by atoms with Crippen molar-refractivity contribution in [2.75, 3.05) is 14.2 Å². The van der Waals surface area contributed by atoms with Crippen LogP contribution in [0.4, 0.5) is 0 Å². The predicted molar refractivity (Wildman–Crippen MR) is 106 cm³/mol. The molecule has 0 aliphatic heterocycles. The fourth-order valence-electron chi connectivity index (χ4n) is 2.93. The van der Waals surface area contributed by atoms with E-state index in [0.29, 0.717) is 11.3 Å². The summed E-state index contributed by atoms with van der Waals surface area (Å²) in [4.78, 5) is 37.0. The summed E-state index contributed by atoms with van der Waals surface area (Å²) in [6.07, 6.45) is 0.0124. The number of carbonyl (C=O) groups is 3. The van der Waals surface area contributed by atoms with E-state index in [2.05, 4.69) is 10.6 Å². The smallest absolute Gasteiger partial charge is 0.244 e. The molecule has 3 amide bonds. The van der Waals surface area contributed by atoms with Crippen molar-refractivity contribution in [3.05, 3.63) is 65.7 Å². The molecule has 154 valence electrons. The number of hydrogen-bond acceptors (Lipinski definition) is 5. The fraction of sp³-hybridized carbons (Fsp3) is 0.286. The molecule has 2 rings (SSSR count). The topological polar surface area (TPSA) is 117 Å². The molecule has 2 aromatic carbocycles. The van der Waals surface area contributed by atoms with Crippen LogP contribution in [0.2, 0.25) is 0 Å². The summed E-state index contributed by atoms with van der Waals surface area (Å²) in [7, 11) is 3.05. The first-order chi connectivity index (χ1) is 14.0. The molecule has 0 aromatic heterocycles. The Morgan fingerprint density at radius 3 is 2.21 bits per heavy atom. The van der Waals surface area contributed by atoms with E-state index in [9.17, 15) is 14.4 Å². The Hall–Kier alpha value is -3.39. The van der Waals surface area contributed by atoms with Crippen molar-refractivity contribution in [3.63, 3.8) is 0 Å². The van der Waals surface area contributed by atoms with Crippen molar-refractivity contribution in [3.8, 4) is 5.75 Å². The number of rotatable bonds is 9. The summed E-state index contributed by atoms with van der Waals surface area (Å²) in [5.41, 5.74) is 2.99. The highest BCUT2D eigenvalue weighted by Crippen LogP contribution is 2.20. The maximum absolute atomic E-state index is 12.9. The van der Waals surface area contributed by atoms with E-state index in [1.807, 2.05) is 12.1 Å². The van der Waals surface area contributed by atoms with Crippen molar-refractivity contribution < 1.29 is 24.3 Å². The maximum Gasteiger partial charge on any atom is 0.244 e. The molecule has 0 saturated carbocycles. The van der Waals surface area contributed by atoms with Crippen LogP contribution in [-0.4, -0.2) is 43.1 Å². The lowest BCUT2D eigenvalue weighted by molar-refractivity contribution is -0.134. The van der Waals surface area contributed by atoms with Gasteiger partial charge in [-0.05, 0) is 23.3 Å². The van der Waals surface area contributed by atoms with Crippen LogP contribution < -0.4 is 20.9 Å². The van der Waals surface area contributed by atoms with Gasteiger partial charge < -0.3 is 15.4 Å². The highest BCUT2D eigenvalue weighted by atomic mass is 16.5. The van der Waals surface area contributed by atoms with E-state index < -0.39 is 23.8 Å². The molecule has 0 aliphatic carbocycles. The Morgan fingerprint density at radius 1 is 1.00 bits per heavy atom. The van der Waals surface area contributed by atoms with Crippen LogP contribution in [0, 0.1) is 0 Å². The zero-order chi connectivity index (χ0) is 21.2. The number of methoxy groups -OCH3 is 1. The first-order valence-corrected chi connectivity index (χ1v) is 9.11. The summed E-state index contributed by atoms with van der Waals surface area (Å²) < 4.78 is 5.13. The zero-order valence-electron chi connectivity index (χ0n) is 16.3. The summed E-state index contributed by atoms with van der Waals surface area (Å²) in [6.45, 7) is 0. The predicted octanol–water partition coefficient (Wildman–Crippen LogP) is 1.15. The van der Waals surface area contributed by atoms with Gasteiger partial charge in [0, 0.05) is 19.9 Å². The molecule has 0 fully saturated rings.